The number of hydrogen-bond acceptors (Lipinski definition) is 6. The molecule has 1 N–H and O–H groups in total. The molecule has 102 valence electrons. The van der Waals surface area contributed by atoms with Gasteiger partial charge in [0.1, 0.15) is 12.3 Å². The van der Waals surface area contributed by atoms with Crippen molar-refractivity contribution in [3.8, 4) is 5.75 Å². The first-order valence-corrected chi connectivity index (χ1v) is 5.23. The molecule has 0 aliphatic rings. The lowest BCUT2D eigenvalue weighted by Crippen LogP contribution is -2.33. The number of benzene rings is 1. The van der Waals surface area contributed by atoms with E-state index in [4.69, 9.17) is 4.74 Å². The zero-order chi connectivity index (χ0) is 14.3. The summed E-state index contributed by atoms with van der Waals surface area (Å²) < 4.78 is 9.42. The topological polar surface area (TPSA) is 108 Å². The van der Waals surface area contributed by atoms with Gasteiger partial charge in [-0.1, -0.05) is 0 Å². The molecule has 19 heavy (non-hydrogen) atoms. The Morgan fingerprint density at radius 3 is 2.47 bits per heavy atom. The number of ether oxygens (including phenoxy) is 2. The molecule has 0 bridgehead atoms. The third-order valence-corrected chi connectivity index (χ3v) is 2.08. The molecule has 1 aromatic rings. The van der Waals surface area contributed by atoms with Crippen LogP contribution in [0.3, 0.4) is 0 Å². The summed E-state index contributed by atoms with van der Waals surface area (Å²) in [5.74, 6) is -0.744. The minimum atomic E-state index is -0.566. The van der Waals surface area contributed by atoms with E-state index in [1.165, 1.54) is 31.4 Å². The van der Waals surface area contributed by atoms with Gasteiger partial charge in [0.15, 0.2) is 6.61 Å². The average Bonchev–Trinajstić information content (AvgIpc) is 2.42. The summed E-state index contributed by atoms with van der Waals surface area (Å²) in [5.41, 5.74) is -0.0671. The van der Waals surface area contributed by atoms with E-state index in [1.54, 1.807) is 0 Å². The van der Waals surface area contributed by atoms with E-state index >= 15 is 0 Å². The molecular weight excluding hydrogens is 256 g/mol. The van der Waals surface area contributed by atoms with Crippen molar-refractivity contribution < 1.29 is 24.0 Å². The van der Waals surface area contributed by atoms with Crippen LogP contribution in [0.4, 0.5) is 5.69 Å². The van der Waals surface area contributed by atoms with Crippen molar-refractivity contribution in [2.24, 2.45) is 0 Å². The number of carbonyl (C=O) groups excluding carboxylic acids is 2. The van der Waals surface area contributed by atoms with Gasteiger partial charge in [-0.25, -0.2) is 0 Å². The molecule has 0 radical (unpaired) electrons. The monoisotopic (exact) mass is 268 g/mol. The molecule has 1 amide bonds. The molecule has 0 unspecified atom stereocenters. The fourth-order valence-corrected chi connectivity index (χ4v) is 1.11. The lowest BCUT2D eigenvalue weighted by atomic mass is 10.3. The quantitative estimate of drug-likeness (QED) is 0.450. The minimum absolute atomic E-state index is 0.0671. The fraction of sp³-hybridized carbons (Fsp3) is 0.273. The Morgan fingerprint density at radius 1 is 1.32 bits per heavy atom. The lowest BCUT2D eigenvalue weighted by Gasteiger charge is -2.06. The van der Waals surface area contributed by atoms with Crippen LogP contribution < -0.4 is 10.1 Å². The molecule has 0 saturated carbocycles. The molecular formula is C11H12N2O6. The van der Waals surface area contributed by atoms with E-state index in [0.29, 0.717) is 5.75 Å². The van der Waals surface area contributed by atoms with Crippen LogP contribution in [0, 0.1) is 10.1 Å². The predicted octanol–water partition coefficient (Wildman–Crippen LogP) is 0.263. The summed E-state index contributed by atoms with van der Waals surface area (Å²) >= 11 is 0. The average molecular weight is 268 g/mol. The highest BCUT2D eigenvalue weighted by atomic mass is 16.6. The fourth-order valence-electron chi connectivity index (χ4n) is 1.11. The normalized spacial score (nSPS) is 9.53. The highest BCUT2D eigenvalue weighted by Gasteiger charge is 2.07. The minimum Gasteiger partial charge on any atom is -0.484 e. The second-order valence-electron chi connectivity index (χ2n) is 3.39. The summed E-state index contributed by atoms with van der Waals surface area (Å²) in [6, 6.07) is 5.29. The number of hydrogen-bond donors (Lipinski definition) is 1. The molecule has 8 nitrogen and oxygen atoms in total. The van der Waals surface area contributed by atoms with Gasteiger partial charge < -0.3 is 14.8 Å². The highest BCUT2D eigenvalue weighted by molar-refractivity contribution is 5.82. The second kappa shape index (κ2) is 6.94. The Bertz CT molecular complexity index is 471. The largest absolute Gasteiger partial charge is 0.484 e. The molecule has 0 atom stereocenters. The number of methoxy groups -OCH3 is 1. The Balaban J connectivity index is 2.37. The number of nitro groups is 1. The van der Waals surface area contributed by atoms with Gasteiger partial charge in [0.2, 0.25) is 0 Å². The van der Waals surface area contributed by atoms with Crippen LogP contribution in [0.5, 0.6) is 5.75 Å². The zero-order valence-corrected chi connectivity index (χ0v) is 10.1. The molecule has 0 saturated heterocycles. The van der Waals surface area contributed by atoms with Crippen LogP contribution in [0.1, 0.15) is 0 Å². The Kier molecular flexibility index (Phi) is 5.27. The zero-order valence-electron chi connectivity index (χ0n) is 10.1. The summed E-state index contributed by atoms with van der Waals surface area (Å²) in [6.07, 6.45) is 0. The number of esters is 1. The van der Waals surface area contributed by atoms with Crippen LogP contribution in [0.25, 0.3) is 0 Å². The van der Waals surface area contributed by atoms with Gasteiger partial charge in [0.05, 0.1) is 12.0 Å². The number of rotatable bonds is 6. The number of nitrogens with one attached hydrogen (secondary N) is 1. The lowest BCUT2D eigenvalue weighted by molar-refractivity contribution is -0.384. The SMILES string of the molecule is COC(=O)CNC(=O)COc1ccc([N+](=O)[O-])cc1. The first-order valence-electron chi connectivity index (χ1n) is 5.23. The maximum atomic E-state index is 11.3. The number of nitro benzene ring substituents is 1. The van der Waals surface area contributed by atoms with E-state index in [-0.39, 0.29) is 18.8 Å². The Labute approximate surface area is 108 Å². The number of nitrogens with zero attached hydrogens (tertiary/aromatic N) is 1. The maximum Gasteiger partial charge on any atom is 0.325 e. The van der Waals surface area contributed by atoms with Crippen molar-refractivity contribution >= 4 is 17.6 Å². The van der Waals surface area contributed by atoms with Gasteiger partial charge in [-0.3, -0.25) is 19.7 Å². The van der Waals surface area contributed by atoms with Crippen LogP contribution in [0.2, 0.25) is 0 Å². The molecule has 0 fully saturated rings. The van der Waals surface area contributed by atoms with E-state index < -0.39 is 16.8 Å². The van der Waals surface area contributed by atoms with E-state index in [1.807, 2.05) is 0 Å². The summed E-state index contributed by atoms with van der Waals surface area (Å²) in [5, 5.41) is 12.7. The van der Waals surface area contributed by atoms with Gasteiger partial charge in [0, 0.05) is 12.1 Å². The van der Waals surface area contributed by atoms with Gasteiger partial charge in [-0.05, 0) is 12.1 Å². The van der Waals surface area contributed by atoms with E-state index in [9.17, 15) is 19.7 Å². The van der Waals surface area contributed by atoms with Crippen LogP contribution in [-0.4, -0.2) is 37.1 Å². The maximum absolute atomic E-state index is 11.3. The number of amides is 1. The van der Waals surface area contributed by atoms with Gasteiger partial charge in [0.25, 0.3) is 11.6 Å². The predicted molar refractivity (Wildman–Crippen MR) is 63.6 cm³/mol. The van der Waals surface area contributed by atoms with Crippen molar-refractivity contribution in [2.45, 2.75) is 0 Å². The molecule has 0 aliphatic heterocycles. The summed E-state index contributed by atoms with van der Waals surface area (Å²) in [7, 11) is 1.21. The van der Waals surface area contributed by atoms with Crippen LogP contribution >= 0.6 is 0 Å². The molecule has 0 aromatic heterocycles. The third kappa shape index (κ3) is 5.02. The first kappa shape index (κ1) is 14.4. The summed E-state index contributed by atoms with van der Waals surface area (Å²) in [6.45, 7) is -0.534. The Morgan fingerprint density at radius 2 is 1.95 bits per heavy atom. The molecule has 1 aromatic carbocycles. The smallest absolute Gasteiger partial charge is 0.325 e. The molecule has 8 heteroatoms. The van der Waals surface area contributed by atoms with Crippen molar-refractivity contribution in [3.63, 3.8) is 0 Å². The number of non-ortho nitro benzene ring substituents is 1. The van der Waals surface area contributed by atoms with Gasteiger partial charge in [-0.2, -0.15) is 0 Å². The van der Waals surface area contributed by atoms with Gasteiger partial charge >= 0.3 is 5.97 Å². The highest BCUT2D eigenvalue weighted by Crippen LogP contribution is 2.16. The first-order chi connectivity index (χ1) is 9.02. The Hall–Kier alpha value is -2.64. The van der Waals surface area contributed by atoms with E-state index in [0.717, 1.165) is 0 Å². The summed E-state index contributed by atoms with van der Waals surface area (Å²) in [4.78, 5) is 31.9. The molecule has 0 heterocycles. The molecule has 0 spiro atoms. The van der Waals surface area contributed by atoms with Crippen LogP contribution in [-0.2, 0) is 14.3 Å². The standard InChI is InChI=1S/C11H12N2O6/c1-18-11(15)6-12-10(14)7-19-9-4-2-8(3-5-9)13(16)17/h2-5H,6-7H2,1H3,(H,12,14). The third-order valence-electron chi connectivity index (χ3n) is 2.08. The van der Waals surface area contributed by atoms with Gasteiger partial charge in [-0.15, -0.1) is 0 Å². The van der Waals surface area contributed by atoms with E-state index in [2.05, 4.69) is 10.1 Å². The van der Waals surface area contributed by atoms with Crippen molar-refractivity contribution in [1.29, 1.82) is 0 Å². The molecule has 0 aliphatic carbocycles. The molecule has 1 rings (SSSR count). The van der Waals surface area contributed by atoms with Crippen molar-refractivity contribution in [2.75, 3.05) is 20.3 Å². The van der Waals surface area contributed by atoms with Crippen LogP contribution in [0.15, 0.2) is 24.3 Å². The second-order valence-corrected chi connectivity index (χ2v) is 3.39. The van der Waals surface area contributed by atoms with Crippen molar-refractivity contribution in [1.82, 2.24) is 5.32 Å². The van der Waals surface area contributed by atoms with Crippen molar-refractivity contribution in [3.05, 3.63) is 34.4 Å². The number of carbonyl (C=O) groups is 2.